The number of ether oxygens (including phenoxy) is 2. The van der Waals surface area contributed by atoms with E-state index >= 15 is 0 Å². The van der Waals surface area contributed by atoms with Crippen molar-refractivity contribution in [2.75, 3.05) is 13.2 Å². The summed E-state index contributed by atoms with van der Waals surface area (Å²) < 4.78 is 10.5. The highest BCUT2D eigenvalue weighted by atomic mass is 16.6. The number of unbranched alkanes of at least 4 members (excludes halogenated alkanes) is 13. The minimum atomic E-state index is -0.779. The summed E-state index contributed by atoms with van der Waals surface area (Å²) in [6, 6.07) is 0. The Morgan fingerprint density at radius 2 is 0.915 bits per heavy atom. The molecule has 1 N–H and O–H groups in total. The average Bonchev–Trinajstić information content (AvgIpc) is 3.07. The van der Waals surface area contributed by atoms with E-state index in [4.69, 9.17) is 9.47 Å². The monoisotopic (exact) mass is 655 g/mol. The maximum Gasteiger partial charge on any atom is 0.306 e. The van der Waals surface area contributed by atoms with Crippen molar-refractivity contribution in [2.24, 2.45) is 0 Å². The van der Waals surface area contributed by atoms with Crippen molar-refractivity contribution < 1.29 is 24.2 Å². The van der Waals surface area contributed by atoms with Crippen LogP contribution in [0.3, 0.4) is 0 Å². The van der Waals surface area contributed by atoms with Crippen LogP contribution in [0.5, 0.6) is 0 Å². The van der Waals surface area contributed by atoms with E-state index in [0.717, 1.165) is 83.5 Å². The van der Waals surface area contributed by atoms with Gasteiger partial charge in [-0.2, -0.15) is 0 Å². The Morgan fingerprint density at radius 1 is 0.511 bits per heavy atom. The number of aliphatic hydroxyl groups excluding tert-OH is 1. The number of hydrogen-bond acceptors (Lipinski definition) is 5. The molecule has 0 saturated heterocycles. The van der Waals surface area contributed by atoms with Crippen LogP contribution >= 0.6 is 0 Å². The van der Waals surface area contributed by atoms with Crippen LogP contribution in [-0.2, 0) is 19.1 Å². The highest BCUT2D eigenvalue weighted by Crippen LogP contribution is 2.12. The molecule has 0 bridgehead atoms. The van der Waals surface area contributed by atoms with Gasteiger partial charge in [-0.25, -0.2) is 0 Å². The molecule has 5 heteroatoms. The first-order chi connectivity index (χ1) is 23.1. The molecule has 0 aromatic rings. The summed E-state index contributed by atoms with van der Waals surface area (Å²) in [5.74, 6) is -0.618. The van der Waals surface area contributed by atoms with Crippen LogP contribution in [0.4, 0.5) is 0 Å². The zero-order valence-electron chi connectivity index (χ0n) is 30.3. The van der Waals surface area contributed by atoms with Gasteiger partial charge in [0, 0.05) is 12.8 Å². The summed E-state index contributed by atoms with van der Waals surface area (Å²) in [6.07, 6.45) is 49.7. The van der Waals surface area contributed by atoms with Crippen molar-refractivity contribution in [1.82, 2.24) is 0 Å². The molecule has 0 rings (SSSR count). The predicted octanol–water partition coefficient (Wildman–Crippen LogP) is 11.8. The van der Waals surface area contributed by atoms with Crippen molar-refractivity contribution in [3.63, 3.8) is 0 Å². The first-order valence-electron chi connectivity index (χ1n) is 19.0. The zero-order valence-corrected chi connectivity index (χ0v) is 30.3. The standard InChI is InChI=1S/C42H70O5/c1-3-5-7-9-11-13-14-15-16-17-18-19-20-21-22-23-24-25-26-27-28-29-31-33-35-37-42(45)47-40(38-43)39-46-41(44)36-34-32-30-12-10-8-6-4-2/h5,7,11,13,15-16,18-19,21-22,24-25,40,43H,3-4,6,8-10,12,14,17,20,23,26-39H2,1-2H3/b7-5-,13-11-,16-15-,19-18-,22-21-,25-24-. The number of esters is 2. The Labute approximate surface area is 289 Å². The molecule has 47 heavy (non-hydrogen) atoms. The lowest BCUT2D eigenvalue weighted by atomic mass is 10.1. The number of allylic oxidation sites excluding steroid dienone is 12. The van der Waals surface area contributed by atoms with Gasteiger partial charge in [0.2, 0.25) is 0 Å². The highest BCUT2D eigenvalue weighted by Gasteiger charge is 2.16. The van der Waals surface area contributed by atoms with Gasteiger partial charge in [-0.3, -0.25) is 9.59 Å². The summed E-state index contributed by atoms with van der Waals surface area (Å²) in [4.78, 5) is 24.1. The molecule has 0 aromatic carbocycles. The molecule has 0 saturated carbocycles. The number of carbonyl (C=O) groups is 2. The van der Waals surface area contributed by atoms with Crippen LogP contribution in [-0.4, -0.2) is 36.4 Å². The lowest BCUT2D eigenvalue weighted by Gasteiger charge is -2.15. The maximum atomic E-state index is 12.1. The Balaban J connectivity index is 3.63. The SMILES string of the molecule is CC/C=C\C/C=C\C/C=C\C/C=C\C/C=C\C/C=C\CCCCCCCCC(=O)OC(CO)COC(=O)CCCCCCCCCC. The molecule has 268 valence electrons. The molecule has 1 unspecified atom stereocenters. The van der Waals surface area contributed by atoms with Gasteiger partial charge >= 0.3 is 11.9 Å². The lowest BCUT2D eigenvalue weighted by molar-refractivity contribution is -0.161. The van der Waals surface area contributed by atoms with Gasteiger partial charge < -0.3 is 14.6 Å². The normalized spacial score (nSPS) is 13.0. The predicted molar refractivity (Wildman–Crippen MR) is 200 cm³/mol. The quantitative estimate of drug-likeness (QED) is 0.0433. The molecular formula is C42H70O5. The van der Waals surface area contributed by atoms with Crippen LogP contribution in [0.15, 0.2) is 72.9 Å². The summed E-state index contributed by atoms with van der Waals surface area (Å²) in [7, 11) is 0. The van der Waals surface area contributed by atoms with Gasteiger partial charge in [-0.15, -0.1) is 0 Å². The van der Waals surface area contributed by atoms with Crippen LogP contribution in [0.1, 0.15) is 162 Å². The molecule has 0 aliphatic rings. The largest absolute Gasteiger partial charge is 0.462 e. The fourth-order valence-electron chi connectivity index (χ4n) is 4.91. The highest BCUT2D eigenvalue weighted by molar-refractivity contribution is 5.70. The minimum absolute atomic E-state index is 0.0745. The van der Waals surface area contributed by atoms with Gasteiger partial charge in [0.15, 0.2) is 6.10 Å². The number of hydrogen-bond donors (Lipinski definition) is 1. The van der Waals surface area contributed by atoms with E-state index in [9.17, 15) is 14.7 Å². The third kappa shape index (κ3) is 36.0. The van der Waals surface area contributed by atoms with E-state index in [1.807, 2.05) is 0 Å². The van der Waals surface area contributed by atoms with E-state index in [2.05, 4.69) is 86.8 Å². The molecule has 0 amide bonds. The first kappa shape index (κ1) is 44.3. The van der Waals surface area contributed by atoms with E-state index in [1.165, 1.54) is 51.4 Å². The molecule has 5 nitrogen and oxygen atoms in total. The first-order valence-corrected chi connectivity index (χ1v) is 19.0. The Morgan fingerprint density at radius 3 is 1.38 bits per heavy atom. The summed E-state index contributed by atoms with van der Waals surface area (Å²) in [5, 5.41) is 9.51. The minimum Gasteiger partial charge on any atom is -0.462 e. The van der Waals surface area contributed by atoms with Crippen LogP contribution in [0.25, 0.3) is 0 Å². The van der Waals surface area contributed by atoms with Gasteiger partial charge in [-0.05, 0) is 64.2 Å². The smallest absolute Gasteiger partial charge is 0.306 e. The topological polar surface area (TPSA) is 72.8 Å². The molecule has 0 heterocycles. The second-order valence-electron chi connectivity index (χ2n) is 12.3. The van der Waals surface area contributed by atoms with Crippen LogP contribution in [0, 0.1) is 0 Å². The summed E-state index contributed by atoms with van der Waals surface area (Å²) >= 11 is 0. The third-order valence-electron chi connectivity index (χ3n) is 7.76. The second kappa shape index (κ2) is 37.8. The number of rotatable bonds is 33. The lowest BCUT2D eigenvalue weighted by Crippen LogP contribution is -2.28. The summed E-state index contributed by atoms with van der Waals surface area (Å²) in [6.45, 7) is 3.96. The molecule has 0 spiro atoms. The Bertz CT molecular complexity index is 879. The van der Waals surface area contributed by atoms with E-state index in [0.29, 0.717) is 12.8 Å². The average molecular weight is 655 g/mol. The zero-order chi connectivity index (χ0) is 34.3. The van der Waals surface area contributed by atoms with Crippen molar-refractivity contribution in [2.45, 2.75) is 168 Å². The van der Waals surface area contributed by atoms with E-state index in [1.54, 1.807) is 0 Å². The van der Waals surface area contributed by atoms with Crippen molar-refractivity contribution in [1.29, 1.82) is 0 Å². The van der Waals surface area contributed by atoms with E-state index < -0.39 is 6.10 Å². The van der Waals surface area contributed by atoms with Gasteiger partial charge in [0.25, 0.3) is 0 Å². The fraction of sp³-hybridized carbons (Fsp3) is 0.667. The molecule has 0 radical (unpaired) electrons. The van der Waals surface area contributed by atoms with Crippen molar-refractivity contribution in [3.05, 3.63) is 72.9 Å². The summed E-state index contributed by atoms with van der Waals surface area (Å²) in [5.41, 5.74) is 0. The molecular weight excluding hydrogens is 584 g/mol. The maximum absolute atomic E-state index is 12.1. The van der Waals surface area contributed by atoms with Gasteiger partial charge in [0.05, 0.1) is 6.61 Å². The Hall–Kier alpha value is -2.66. The third-order valence-corrected chi connectivity index (χ3v) is 7.76. The second-order valence-corrected chi connectivity index (χ2v) is 12.3. The van der Waals surface area contributed by atoms with Gasteiger partial charge in [0.1, 0.15) is 6.61 Å². The molecule has 0 aliphatic heterocycles. The molecule has 0 aliphatic carbocycles. The molecule has 0 fully saturated rings. The van der Waals surface area contributed by atoms with E-state index in [-0.39, 0.29) is 25.2 Å². The molecule has 1 atom stereocenters. The van der Waals surface area contributed by atoms with Crippen molar-refractivity contribution in [3.8, 4) is 0 Å². The van der Waals surface area contributed by atoms with Crippen molar-refractivity contribution >= 4 is 11.9 Å². The van der Waals surface area contributed by atoms with Gasteiger partial charge in [-0.1, -0.05) is 157 Å². The van der Waals surface area contributed by atoms with Crippen LogP contribution < -0.4 is 0 Å². The Kier molecular flexibility index (Phi) is 35.7. The molecule has 0 aromatic heterocycles. The number of carbonyl (C=O) groups excluding carboxylic acids is 2. The number of aliphatic hydroxyl groups is 1. The fourth-order valence-corrected chi connectivity index (χ4v) is 4.91. The van der Waals surface area contributed by atoms with Crippen LogP contribution in [0.2, 0.25) is 0 Å².